The van der Waals surface area contributed by atoms with E-state index in [4.69, 9.17) is 4.74 Å². The van der Waals surface area contributed by atoms with Crippen LogP contribution in [0, 0.1) is 0 Å². The predicted molar refractivity (Wildman–Crippen MR) is 68.9 cm³/mol. The normalized spacial score (nSPS) is 22.8. The maximum atomic E-state index is 12.2. The summed E-state index contributed by atoms with van der Waals surface area (Å²) in [5.74, 6) is -0.693. The van der Waals surface area contributed by atoms with Gasteiger partial charge in [0.25, 0.3) is 5.91 Å². The van der Waals surface area contributed by atoms with Crippen LogP contribution in [0.2, 0.25) is 0 Å². The van der Waals surface area contributed by atoms with Crippen LogP contribution in [0.15, 0.2) is 18.2 Å². The van der Waals surface area contributed by atoms with Crippen molar-refractivity contribution in [2.45, 2.75) is 32.5 Å². The molecule has 0 aromatic heterocycles. The van der Waals surface area contributed by atoms with Gasteiger partial charge in [-0.15, -0.1) is 0 Å². The van der Waals surface area contributed by atoms with E-state index in [1.165, 1.54) is 6.92 Å². The van der Waals surface area contributed by atoms with E-state index in [0.717, 1.165) is 0 Å². The van der Waals surface area contributed by atoms with Crippen molar-refractivity contribution in [1.82, 2.24) is 5.32 Å². The first-order chi connectivity index (χ1) is 8.83. The molecular formula is C13H16N2O4. The topological polar surface area (TPSA) is 87.7 Å². The minimum atomic E-state index is -0.959. The minimum Gasteiger partial charge on any atom is -0.426 e. The summed E-state index contributed by atoms with van der Waals surface area (Å²) >= 11 is 0. The lowest BCUT2D eigenvalue weighted by atomic mass is 9.99. The van der Waals surface area contributed by atoms with Crippen molar-refractivity contribution in [1.29, 1.82) is 0 Å². The molecule has 6 nitrogen and oxygen atoms in total. The first kappa shape index (κ1) is 13.4. The average Bonchev–Trinajstić information content (AvgIpc) is 2.27. The van der Waals surface area contributed by atoms with Crippen molar-refractivity contribution >= 4 is 17.6 Å². The van der Waals surface area contributed by atoms with Gasteiger partial charge in [-0.2, -0.15) is 0 Å². The molecule has 0 saturated heterocycles. The number of aliphatic hydroxyl groups is 1. The summed E-state index contributed by atoms with van der Waals surface area (Å²) in [6.07, 6.45) is -0.790. The van der Waals surface area contributed by atoms with Gasteiger partial charge in [-0.3, -0.25) is 9.59 Å². The van der Waals surface area contributed by atoms with Gasteiger partial charge in [0.05, 0.1) is 11.8 Å². The van der Waals surface area contributed by atoms with Crippen molar-refractivity contribution in [2.24, 2.45) is 0 Å². The summed E-state index contributed by atoms with van der Waals surface area (Å²) in [6.45, 7) is 4.53. The van der Waals surface area contributed by atoms with Crippen molar-refractivity contribution in [2.75, 3.05) is 5.32 Å². The highest BCUT2D eigenvalue weighted by atomic mass is 16.5. The molecule has 2 rings (SSSR count). The average molecular weight is 264 g/mol. The first-order valence-electron chi connectivity index (χ1n) is 5.93. The molecule has 6 heteroatoms. The number of benzene rings is 1. The molecule has 3 N–H and O–H groups in total. The number of anilines is 1. The fourth-order valence-corrected chi connectivity index (χ4v) is 1.93. The van der Waals surface area contributed by atoms with Gasteiger partial charge in [0.15, 0.2) is 0 Å². The summed E-state index contributed by atoms with van der Waals surface area (Å²) in [7, 11) is 0. The molecule has 1 heterocycles. The molecule has 1 aliphatic heterocycles. The SMILES string of the molecule is CC(=O)Oc1cccc2c1C(=O)NC(C)(C(C)O)N2. The Balaban J connectivity index is 2.46. The van der Waals surface area contributed by atoms with Gasteiger partial charge in [0.1, 0.15) is 17.0 Å². The Morgan fingerprint density at radius 3 is 2.68 bits per heavy atom. The Labute approximate surface area is 110 Å². The zero-order valence-corrected chi connectivity index (χ0v) is 11.0. The molecule has 0 radical (unpaired) electrons. The van der Waals surface area contributed by atoms with E-state index in [1.807, 2.05) is 0 Å². The highest BCUT2D eigenvalue weighted by Crippen LogP contribution is 2.32. The number of carbonyl (C=O) groups is 2. The number of aliphatic hydroxyl groups excluding tert-OH is 1. The van der Waals surface area contributed by atoms with E-state index in [2.05, 4.69) is 10.6 Å². The lowest BCUT2D eigenvalue weighted by Gasteiger charge is -2.39. The molecule has 1 aromatic rings. The molecule has 102 valence electrons. The van der Waals surface area contributed by atoms with Crippen LogP contribution in [0.5, 0.6) is 5.75 Å². The standard InChI is InChI=1S/C13H16N2O4/c1-7(16)13(3)14-9-5-4-6-10(19-8(2)17)11(9)12(18)15-13/h4-7,14,16H,1-3H3,(H,15,18). The van der Waals surface area contributed by atoms with Crippen LogP contribution in [0.3, 0.4) is 0 Å². The van der Waals surface area contributed by atoms with Gasteiger partial charge in [-0.25, -0.2) is 0 Å². The second-order valence-electron chi connectivity index (χ2n) is 4.73. The van der Waals surface area contributed by atoms with E-state index >= 15 is 0 Å². The minimum absolute atomic E-state index is 0.197. The highest BCUT2D eigenvalue weighted by molar-refractivity contribution is 6.05. The van der Waals surface area contributed by atoms with E-state index < -0.39 is 23.6 Å². The third-order valence-corrected chi connectivity index (χ3v) is 3.11. The zero-order valence-electron chi connectivity index (χ0n) is 11.0. The molecule has 0 aliphatic carbocycles. The molecule has 2 unspecified atom stereocenters. The van der Waals surface area contributed by atoms with Gasteiger partial charge in [0.2, 0.25) is 0 Å². The van der Waals surface area contributed by atoms with Crippen LogP contribution >= 0.6 is 0 Å². The summed E-state index contributed by atoms with van der Waals surface area (Å²) in [5, 5.41) is 15.4. The maximum absolute atomic E-state index is 12.2. The molecule has 0 saturated carbocycles. The zero-order chi connectivity index (χ0) is 14.2. The number of hydrogen-bond donors (Lipinski definition) is 3. The van der Waals surface area contributed by atoms with Gasteiger partial charge in [0, 0.05) is 6.92 Å². The number of fused-ring (bicyclic) bond motifs is 1. The van der Waals surface area contributed by atoms with Gasteiger partial charge in [-0.1, -0.05) is 6.07 Å². The third kappa shape index (κ3) is 2.39. The smallest absolute Gasteiger partial charge is 0.308 e. The number of rotatable bonds is 2. The molecule has 1 amide bonds. The Morgan fingerprint density at radius 1 is 1.42 bits per heavy atom. The van der Waals surface area contributed by atoms with Crippen molar-refractivity contribution in [3.8, 4) is 5.75 Å². The van der Waals surface area contributed by atoms with E-state index in [9.17, 15) is 14.7 Å². The van der Waals surface area contributed by atoms with E-state index in [0.29, 0.717) is 5.69 Å². The van der Waals surface area contributed by atoms with Crippen LogP contribution in [0.25, 0.3) is 0 Å². The molecule has 0 bridgehead atoms. The Morgan fingerprint density at radius 2 is 2.11 bits per heavy atom. The highest BCUT2D eigenvalue weighted by Gasteiger charge is 2.38. The Bertz CT molecular complexity index is 541. The molecule has 2 atom stereocenters. The quantitative estimate of drug-likeness (QED) is 0.545. The van der Waals surface area contributed by atoms with Gasteiger partial charge in [-0.05, 0) is 26.0 Å². The van der Waals surface area contributed by atoms with Crippen LogP contribution in [0.4, 0.5) is 5.69 Å². The lowest BCUT2D eigenvalue weighted by molar-refractivity contribution is -0.131. The summed E-state index contributed by atoms with van der Waals surface area (Å²) in [6, 6.07) is 4.92. The molecule has 0 spiro atoms. The van der Waals surface area contributed by atoms with Crippen LogP contribution in [0.1, 0.15) is 31.1 Å². The van der Waals surface area contributed by atoms with Crippen molar-refractivity contribution in [3.05, 3.63) is 23.8 Å². The van der Waals surface area contributed by atoms with Crippen molar-refractivity contribution < 1.29 is 19.4 Å². The Kier molecular flexibility index (Phi) is 3.20. The summed E-state index contributed by atoms with van der Waals surface area (Å²) in [4.78, 5) is 23.2. The summed E-state index contributed by atoms with van der Waals surface area (Å²) in [5.41, 5.74) is -0.180. The lowest BCUT2D eigenvalue weighted by Crippen LogP contribution is -2.61. The summed E-state index contributed by atoms with van der Waals surface area (Å²) < 4.78 is 5.01. The number of ether oxygens (including phenoxy) is 1. The molecule has 1 aromatic carbocycles. The number of esters is 1. The second-order valence-corrected chi connectivity index (χ2v) is 4.73. The van der Waals surface area contributed by atoms with Gasteiger partial charge < -0.3 is 20.5 Å². The largest absolute Gasteiger partial charge is 0.426 e. The maximum Gasteiger partial charge on any atom is 0.308 e. The van der Waals surface area contributed by atoms with Gasteiger partial charge >= 0.3 is 5.97 Å². The fraction of sp³-hybridized carbons (Fsp3) is 0.385. The third-order valence-electron chi connectivity index (χ3n) is 3.11. The molecule has 19 heavy (non-hydrogen) atoms. The molecular weight excluding hydrogens is 248 g/mol. The van der Waals surface area contributed by atoms with E-state index in [-0.39, 0.29) is 11.3 Å². The predicted octanol–water partition coefficient (Wildman–Crippen LogP) is 0.864. The first-order valence-corrected chi connectivity index (χ1v) is 5.93. The van der Waals surface area contributed by atoms with E-state index in [1.54, 1.807) is 32.0 Å². The fourth-order valence-electron chi connectivity index (χ4n) is 1.93. The number of nitrogens with one attached hydrogen (secondary N) is 2. The Hall–Kier alpha value is -2.08. The van der Waals surface area contributed by atoms with Crippen LogP contribution in [-0.4, -0.2) is 28.7 Å². The second kappa shape index (κ2) is 4.55. The number of hydrogen-bond acceptors (Lipinski definition) is 5. The van der Waals surface area contributed by atoms with Crippen molar-refractivity contribution in [3.63, 3.8) is 0 Å². The van der Waals surface area contributed by atoms with Crippen LogP contribution < -0.4 is 15.4 Å². The molecule has 1 aliphatic rings. The number of carbonyl (C=O) groups excluding carboxylic acids is 2. The van der Waals surface area contributed by atoms with Crippen LogP contribution in [-0.2, 0) is 4.79 Å². The molecule has 0 fully saturated rings. The number of amides is 1. The monoisotopic (exact) mass is 264 g/mol.